The van der Waals surface area contributed by atoms with E-state index >= 15 is 0 Å². The third-order valence-electron chi connectivity index (χ3n) is 6.24. The van der Waals surface area contributed by atoms with Crippen molar-refractivity contribution >= 4 is 34.1 Å². The Labute approximate surface area is 212 Å². The van der Waals surface area contributed by atoms with Crippen molar-refractivity contribution in [3.05, 3.63) is 88.4 Å². The summed E-state index contributed by atoms with van der Waals surface area (Å²) in [5, 5.41) is 4.73. The first-order valence-electron chi connectivity index (χ1n) is 11.9. The molecule has 4 aromatic rings. The van der Waals surface area contributed by atoms with Crippen LogP contribution in [-0.2, 0) is 11.2 Å². The van der Waals surface area contributed by atoms with Crippen molar-refractivity contribution in [3.63, 3.8) is 0 Å². The summed E-state index contributed by atoms with van der Waals surface area (Å²) in [5.74, 6) is 0.888. The molecule has 0 spiro atoms. The molecule has 1 heterocycles. The lowest BCUT2D eigenvalue weighted by molar-refractivity contribution is -0.115. The molecule has 0 aliphatic heterocycles. The first-order chi connectivity index (χ1) is 16.8. The largest absolute Gasteiger partial charge is 0.481 e. The smallest absolute Gasteiger partial charge is 0.229 e. The van der Waals surface area contributed by atoms with Gasteiger partial charge in [-0.2, -0.15) is 0 Å². The van der Waals surface area contributed by atoms with Gasteiger partial charge in [0.15, 0.2) is 0 Å². The normalized spacial score (nSPS) is 11.3. The van der Waals surface area contributed by atoms with Gasteiger partial charge in [-0.3, -0.25) is 4.79 Å². The van der Waals surface area contributed by atoms with Crippen molar-refractivity contribution in [1.29, 1.82) is 0 Å². The van der Waals surface area contributed by atoms with Crippen LogP contribution >= 0.6 is 11.6 Å². The quantitative estimate of drug-likeness (QED) is 0.288. The lowest BCUT2D eigenvalue weighted by Gasteiger charge is -2.21. The minimum Gasteiger partial charge on any atom is -0.481 e. The average molecular weight is 487 g/mol. The number of ether oxygens (including phenoxy) is 1. The zero-order valence-electron chi connectivity index (χ0n) is 20.9. The number of pyridine rings is 1. The molecule has 0 fully saturated rings. The number of para-hydroxylation sites is 1. The monoisotopic (exact) mass is 486 g/mol. The second-order valence-electron chi connectivity index (χ2n) is 9.35. The van der Waals surface area contributed by atoms with Gasteiger partial charge in [0.1, 0.15) is 0 Å². The topological polar surface area (TPSA) is 51.2 Å². The van der Waals surface area contributed by atoms with Gasteiger partial charge < -0.3 is 10.1 Å². The van der Waals surface area contributed by atoms with Crippen LogP contribution in [0.2, 0.25) is 5.02 Å². The molecule has 4 nitrogen and oxygen atoms in total. The Morgan fingerprint density at radius 3 is 2.20 bits per heavy atom. The summed E-state index contributed by atoms with van der Waals surface area (Å²) in [6.07, 6.45) is 0.118. The van der Waals surface area contributed by atoms with Gasteiger partial charge in [0.2, 0.25) is 11.8 Å². The summed E-state index contributed by atoms with van der Waals surface area (Å²) >= 11 is 6.37. The molecule has 0 unspecified atom stereocenters. The van der Waals surface area contributed by atoms with Crippen LogP contribution in [0, 0.1) is 0 Å². The van der Waals surface area contributed by atoms with Crippen LogP contribution in [0.15, 0.2) is 66.7 Å². The Bertz CT molecular complexity index is 1340. The molecule has 0 atom stereocenters. The van der Waals surface area contributed by atoms with Crippen molar-refractivity contribution in [3.8, 4) is 17.0 Å². The Balaban J connectivity index is 1.84. The first kappa shape index (κ1) is 24.7. The number of carbonyl (C=O) groups is 1. The number of nitrogens with zero attached hydrogens (tertiary/aromatic N) is 1. The van der Waals surface area contributed by atoms with Crippen LogP contribution in [0.5, 0.6) is 5.88 Å². The highest BCUT2D eigenvalue weighted by molar-refractivity contribution is 6.31. The van der Waals surface area contributed by atoms with E-state index in [2.05, 4.69) is 51.2 Å². The number of nitrogens with one attached hydrogen (secondary N) is 1. The SMILES string of the molecule is COc1nc2ccc(Cl)cc2c(-c2ccccc2)c1CC(=O)Nc1c(C(C)C)cccc1C(C)C. The summed E-state index contributed by atoms with van der Waals surface area (Å²) in [6.45, 7) is 8.57. The summed E-state index contributed by atoms with van der Waals surface area (Å²) in [6, 6.07) is 21.8. The van der Waals surface area contributed by atoms with Gasteiger partial charge in [0, 0.05) is 27.2 Å². The Morgan fingerprint density at radius 1 is 0.943 bits per heavy atom. The summed E-state index contributed by atoms with van der Waals surface area (Å²) in [4.78, 5) is 18.3. The van der Waals surface area contributed by atoms with Crippen molar-refractivity contribution < 1.29 is 9.53 Å². The van der Waals surface area contributed by atoms with Crippen LogP contribution in [0.25, 0.3) is 22.0 Å². The van der Waals surface area contributed by atoms with E-state index in [-0.39, 0.29) is 24.2 Å². The van der Waals surface area contributed by atoms with E-state index < -0.39 is 0 Å². The van der Waals surface area contributed by atoms with Crippen LogP contribution in [0.4, 0.5) is 5.69 Å². The maximum atomic E-state index is 13.6. The zero-order valence-corrected chi connectivity index (χ0v) is 21.6. The molecular weight excluding hydrogens is 456 g/mol. The first-order valence-corrected chi connectivity index (χ1v) is 12.3. The molecule has 0 aliphatic carbocycles. The van der Waals surface area contributed by atoms with Crippen LogP contribution in [0.1, 0.15) is 56.2 Å². The Morgan fingerprint density at radius 2 is 1.60 bits per heavy atom. The van der Waals surface area contributed by atoms with Crippen LogP contribution in [0.3, 0.4) is 0 Å². The van der Waals surface area contributed by atoms with Gasteiger partial charge in [-0.05, 0) is 46.7 Å². The van der Waals surface area contributed by atoms with Crippen molar-refractivity contribution in [2.45, 2.75) is 46.0 Å². The van der Waals surface area contributed by atoms with E-state index in [0.717, 1.165) is 44.4 Å². The molecule has 0 saturated heterocycles. The predicted molar refractivity (Wildman–Crippen MR) is 146 cm³/mol. The summed E-state index contributed by atoms with van der Waals surface area (Å²) in [7, 11) is 1.59. The van der Waals surface area contributed by atoms with Crippen molar-refractivity contribution in [2.24, 2.45) is 0 Å². The number of carbonyl (C=O) groups excluding carboxylic acids is 1. The van der Waals surface area contributed by atoms with Gasteiger partial charge >= 0.3 is 0 Å². The molecule has 0 bridgehead atoms. The second-order valence-corrected chi connectivity index (χ2v) is 9.78. The highest BCUT2D eigenvalue weighted by Gasteiger charge is 2.22. The number of rotatable bonds is 7. The Kier molecular flexibility index (Phi) is 7.42. The van der Waals surface area contributed by atoms with Crippen LogP contribution < -0.4 is 10.1 Å². The van der Waals surface area contributed by atoms with E-state index in [1.807, 2.05) is 48.5 Å². The van der Waals surface area contributed by atoms with Gasteiger partial charge in [-0.1, -0.05) is 87.8 Å². The number of hydrogen-bond acceptors (Lipinski definition) is 3. The van der Waals surface area contributed by atoms with Gasteiger partial charge in [-0.15, -0.1) is 0 Å². The molecule has 4 rings (SSSR count). The van der Waals surface area contributed by atoms with E-state index in [0.29, 0.717) is 10.9 Å². The molecule has 180 valence electrons. The second kappa shape index (κ2) is 10.5. The maximum Gasteiger partial charge on any atom is 0.229 e. The summed E-state index contributed by atoms with van der Waals surface area (Å²) < 4.78 is 5.70. The fraction of sp³-hybridized carbons (Fsp3) is 0.267. The van der Waals surface area contributed by atoms with Gasteiger partial charge in [-0.25, -0.2) is 4.98 Å². The lowest BCUT2D eigenvalue weighted by Crippen LogP contribution is -2.19. The molecule has 1 amide bonds. The fourth-order valence-electron chi connectivity index (χ4n) is 4.56. The number of benzene rings is 3. The van der Waals surface area contributed by atoms with Crippen molar-refractivity contribution in [2.75, 3.05) is 12.4 Å². The number of aromatic nitrogens is 1. The standard InChI is InChI=1S/C30H31ClN2O2/c1-18(2)22-12-9-13-23(19(3)4)29(22)33-27(34)17-25-28(20-10-7-6-8-11-20)24-16-21(31)14-15-26(24)32-30(25)35-5/h6-16,18-19H,17H2,1-5H3,(H,33,34). The summed E-state index contributed by atoms with van der Waals surface area (Å²) in [5.41, 5.74) is 6.55. The third-order valence-corrected chi connectivity index (χ3v) is 6.48. The van der Waals surface area contributed by atoms with E-state index in [1.165, 1.54) is 0 Å². The lowest BCUT2D eigenvalue weighted by atomic mass is 9.92. The Hall–Kier alpha value is -3.37. The fourth-order valence-corrected chi connectivity index (χ4v) is 4.73. The van der Waals surface area contributed by atoms with E-state index in [1.54, 1.807) is 7.11 Å². The van der Waals surface area contributed by atoms with E-state index in [9.17, 15) is 4.79 Å². The number of anilines is 1. The molecule has 3 aromatic carbocycles. The molecule has 1 aromatic heterocycles. The number of fused-ring (bicyclic) bond motifs is 1. The number of hydrogen-bond donors (Lipinski definition) is 1. The molecule has 1 N–H and O–H groups in total. The third kappa shape index (κ3) is 5.18. The molecule has 0 aliphatic rings. The molecule has 0 saturated carbocycles. The van der Waals surface area contributed by atoms with E-state index in [4.69, 9.17) is 21.3 Å². The van der Waals surface area contributed by atoms with Crippen LogP contribution in [-0.4, -0.2) is 18.0 Å². The van der Waals surface area contributed by atoms with Crippen molar-refractivity contribution in [1.82, 2.24) is 4.98 Å². The molecular formula is C30H31ClN2O2. The molecule has 0 radical (unpaired) electrons. The maximum absolute atomic E-state index is 13.6. The van der Waals surface area contributed by atoms with Gasteiger partial charge in [0.25, 0.3) is 0 Å². The molecule has 5 heteroatoms. The average Bonchev–Trinajstić information content (AvgIpc) is 2.84. The van der Waals surface area contributed by atoms with Gasteiger partial charge in [0.05, 0.1) is 19.0 Å². The number of halogens is 1. The molecule has 35 heavy (non-hydrogen) atoms. The minimum absolute atomic E-state index is 0.112. The number of methoxy groups -OCH3 is 1. The zero-order chi connectivity index (χ0) is 25.1. The number of amides is 1. The highest BCUT2D eigenvalue weighted by atomic mass is 35.5. The predicted octanol–water partition coefficient (Wildman–Crippen LogP) is 7.99. The highest BCUT2D eigenvalue weighted by Crippen LogP contribution is 2.38. The minimum atomic E-state index is -0.112.